The van der Waals surface area contributed by atoms with Crippen LogP contribution in [0.25, 0.3) is 0 Å². The minimum absolute atomic E-state index is 0.250. The molecule has 0 rings (SSSR count). The van der Waals surface area contributed by atoms with Gasteiger partial charge in [0.25, 0.3) is 0 Å². The smallest absolute Gasteiger partial charge is 0.0628 e. The number of hydrogen-bond acceptors (Lipinski definition) is 4. The van der Waals surface area contributed by atoms with Gasteiger partial charge in [-0.2, -0.15) is 0 Å². The van der Waals surface area contributed by atoms with E-state index in [-0.39, 0.29) is 5.23 Å². The Morgan fingerprint density at radius 3 is 2.57 bits per heavy atom. The van der Waals surface area contributed by atoms with Crippen LogP contribution in [-0.2, 0) is 4.84 Å². The number of hydrogen-bond donors (Lipinski definition) is 1. The van der Waals surface area contributed by atoms with Gasteiger partial charge in [0.2, 0.25) is 0 Å². The van der Waals surface area contributed by atoms with Crippen molar-refractivity contribution in [2.75, 3.05) is 7.11 Å². The van der Waals surface area contributed by atoms with Crippen molar-refractivity contribution in [1.29, 1.82) is 0 Å². The van der Waals surface area contributed by atoms with E-state index >= 15 is 0 Å². The molecule has 0 aliphatic rings. The standard InChI is InChI=1S/C3H7N2O2/c1-7-5(6)3-2-4/h2-3H,4H2,1H3/q-1/b3-2+. The highest BCUT2D eigenvalue weighted by Crippen LogP contribution is 1.79. The molecule has 0 spiro atoms. The summed E-state index contributed by atoms with van der Waals surface area (Å²) in [5.41, 5.74) is 4.80. The zero-order chi connectivity index (χ0) is 5.70. The van der Waals surface area contributed by atoms with E-state index < -0.39 is 0 Å². The largest absolute Gasteiger partial charge is 0.734 e. The summed E-state index contributed by atoms with van der Waals surface area (Å²) >= 11 is 0. The Kier molecular flexibility index (Phi) is 3.09. The summed E-state index contributed by atoms with van der Waals surface area (Å²) in [5, 5.41) is 10.2. The summed E-state index contributed by atoms with van der Waals surface area (Å²) in [7, 11) is 1.26. The Hall–Kier alpha value is -0.740. The molecule has 0 unspecified atom stereocenters. The molecule has 0 atom stereocenters. The molecular weight excluding hydrogens is 96.0 g/mol. The van der Waals surface area contributed by atoms with E-state index in [0.29, 0.717) is 0 Å². The zero-order valence-corrected chi connectivity index (χ0v) is 4.00. The highest BCUT2D eigenvalue weighted by Gasteiger charge is 1.67. The highest BCUT2D eigenvalue weighted by atomic mass is 16.9. The molecule has 0 fully saturated rings. The first-order valence-electron chi connectivity index (χ1n) is 1.70. The highest BCUT2D eigenvalue weighted by molar-refractivity contribution is 4.71. The van der Waals surface area contributed by atoms with Crippen LogP contribution in [0.5, 0.6) is 0 Å². The van der Waals surface area contributed by atoms with E-state index in [2.05, 4.69) is 4.84 Å². The van der Waals surface area contributed by atoms with Gasteiger partial charge < -0.3 is 16.2 Å². The van der Waals surface area contributed by atoms with E-state index in [1.54, 1.807) is 0 Å². The van der Waals surface area contributed by atoms with Crippen LogP contribution in [0.2, 0.25) is 0 Å². The van der Waals surface area contributed by atoms with E-state index in [1.165, 1.54) is 7.11 Å². The van der Waals surface area contributed by atoms with Crippen molar-refractivity contribution >= 4 is 0 Å². The molecule has 0 aromatic rings. The quantitative estimate of drug-likeness (QED) is 0.491. The summed E-state index contributed by atoms with van der Waals surface area (Å²) < 4.78 is 0. The zero-order valence-electron chi connectivity index (χ0n) is 4.00. The first kappa shape index (κ1) is 6.26. The van der Waals surface area contributed by atoms with Crippen LogP contribution in [-0.4, -0.2) is 12.3 Å². The third-order valence-electron chi connectivity index (χ3n) is 0.388. The molecule has 4 nitrogen and oxygen atoms in total. The van der Waals surface area contributed by atoms with Crippen molar-refractivity contribution in [2.24, 2.45) is 5.73 Å². The van der Waals surface area contributed by atoms with Crippen molar-refractivity contribution in [3.63, 3.8) is 0 Å². The fraction of sp³-hybridized carbons (Fsp3) is 0.333. The molecule has 0 amide bonds. The summed E-state index contributed by atoms with van der Waals surface area (Å²) in [6, 6.07) is 0. The van der Waals surface area contributed by atoms with Crippen molar-refractivity contribution in [1.82, 2.24) is 5.23 Å². The Labute approximate surface area is 41.7 Å². The molecule has 0 aliphatic heterocycles. The number of nitrogens with two attached hydrogens (primary N) is 1. The van der Waals surface area contributed by atoms with Gasteiger partial charge in [0.15, 0.2) is 0 Å². The molecule has 42 valence electrons. The number of rotatable bonds is 2. The fourth-order valence-electron chi connectivity index (χ4n) is 0.131. The molecule has 7 heavy (non-hydrogen) atoms. The molecule has 0 heterocycles. The number of nitrogens with zero attached hydrogens (tertiary/aromatic N) is 1. The van der Waals surface area contributed by atoms with Crippen molar-refractivity contribution in [2.45, 2.75) is 0 Å². The minimum Gasteiger partial charge on any atom is -0.734 e. The van der Waals surface area contributed by atoms with Crippen LogP contribution in [0.1, 0.15) is 0 Å². The normalized spacial score (nSPS) is 10.0. The summed E-state index contributed by atoms with van der Waals surface area (Å²) in [4.78, 5) is 4.10. The lowest BCUT2D eigenvalue weighted by Gasteiger charge is -2.20. The third-order valence-corrected chi connectivity index (χ3v) is 0.388. The lowest BCUT2D eigenvalue weighted by molar-refractivity contribution is -0.0436. The second-order valence-corrected chi connectivity index (χ2v) is 0.809. The van der Waals surface area contributed by atoms with E-state index in [0.717, 1.165) is 12.4 Å². The topological polar surface area (TPSA) is 61.5 Å². The first-order chi connectivity index (χ1) is 3.31. The van der Waals surface area contributed by atoms with E-state index in [1.807, 2.05) is 0 Å². The summed E-state index contributed by atoms with van der Waals surface area (Å²) in [5.74, 6) is 0. The minimum atomic E-state index is 0.250. The maximum absolute atomic E-state index is 9.94. The molecule has 0 bridgehead atoms. The van der Waals surface area contributed by atoms with Gasteiger partial charge in [-0.3, -0.25) is 4.84 Å². The lowest BCUT2D eigenvalue weighted by atomic mass is 10.9. The monoisotopic (exact) mass is 103 g/mol. The summed E-state index contributed by atoms with van der Waals surface area (Å²) in [6.45, 7) is 0. The molecule has 4 heteroatoms. The Bertz CT molecular complexity index is 64.0. The summed E-state index contributed by atoms with van der Waals surface area (Å²) in [6.07, 6.45) is 2.15. The maximum Gasteiger partial charge on any atom is 0.0628 e. The second kappa shape index (κ2) is 3.45. The second-order valence-electron chi connectivity index (χ2n) is 0.809. The maximum atomic E-state index is 9.94. The van der Waals surface area contributed by atoms with Crippen LogP contribution in [0.15, 0.2) is 12.4 Å². The molecule has 0 radical (unpaired) electrons. The van der Waals surface area contributed by atoms with Gasteiger partial charge in [0, 0.05) is 12.4 Å². The molecule has 0 saturated heterocycles. The van der Waals surface area contributed by atoms with Crippen molar-refractivity contribution in [3.05, 3.63) is 17.6 Å². The van der Waals surface area contributed by atoms with E-state index in [9.17, 15) is 5.21 Å². The predicted octanol–water partition coefficient (Wildman–Crippen LogP) is -0.223. The molecule has 0 saturated carbocycles. The van der Waals surface area contributed by atoms with Gasteiger partial charge in [0.1, 0.15) is 0 Å². The molecule has 0 aromatic heterocycles. The predicted molar refractivity (Wildman–Crippen MR) is 25.5 cm³/mol. The Morgan fingerprint density at radius 1 is 1.86 bits per heavy atom. The third kappa shape index (κ3) is 3.08. The number of hydroxylamine groups is 2. The Morgan fingerprint density at radius 2 is 2.43 bits per heavy atom. The van der Waals surface area contributed by atoms with Crippen molar-refractivity contribution in [3.8, 4) is 0 Å². The molecule has 2 N–H and O–H groups in total. The van der Waals surface area contributed by atoms with Crippen LogP contribution < -0.4 is 5.73 Å². The van der Waals surface area contributed by atoms with Crippen molar-refractivity contribution < 1.29 is 4.84 Å². The first-order valence-corrected chi connectivity index (χ1v) is 1.70. The van der Waals surface area contributed by atoms with Gasteiger partial charge >= 0.3 is 0 Å². The average Bonchev–Trinajstić information content (AvgIpc) is 1.68. The van der Waals surface area contributed by atoms with Gasteiger partial charge in [-0.05, 0) is 0 Å². The van der Waals surface area contributed by atoms with E-state index in [4.69, 9.17) is 5.73 Å². The van der Waals surface area contributed by atoms with Gasteiger partial charge in [0.05, 0.1) is 7.11 Å². The van der Waals surface area contributed by atoms with Crippen LogP contribution in [0.4, 0.5) is 0 Å². The van der Waals surface area contributed by atoms with Gasteiger partial charge in [-0.25, -0.2) is 0 Å². The molecule has 0 aliphatic carbocycles. The van der Waals surface area contributed by atoms with Crippen LogP contribution in [0.3, 0.4) is 0 Å². The van der Waals surface area contributed by atoms with Gasteiger partial charge in [-0.1, -0.05) is 0 Å². The Balaban J connectivity index is 3.16. The average molecular weight is 103 g/mol. The van der Waals surface area contributed by atoms with Gasteiger partial charge in [-0.15, -0.1) is 0 Å². The fourth-order valence-corrected chi connectivity index (χ4v) is 0.131. The van der Waals surface area contributed by atoms with Crippen LogP contribution in [0, 0.1) is 5.21 Å². The molecular formula is C3H7N2O2-. The lowest BCUT2D eigenvalue weighted by Crippen LogP contribution is -2.05. The molecule has 0 aromatic carbocycles. The SMILES string of the molecule is CON([O-])/C=C/N. The van der Waals surface area contributed by atoms with Crippen LogP contribution >= 0.6 is 0 Å².